The summed E-state index contributed by atoms with van der Waals surface area (Å²) in [6.07, 6.45) is 1.58. The number of amides is 3. The summed E-state index contributed by atoms with van der Waals surface area (Å²) in [5.74, 6) is -0.798. The van der Waals surface area contributed by atoms with Crippen molar-refractivity contribution in [1.82, 2.24) is 4.90 Å². The predicted octanol–water partition coefficient (Wildman–Crippen LogP) is 4.29. The topological polar surface area (TPSA) is 86.7 Å². The molecular formula is C20H17IN2O4S. The van der Waals surface area contributed by atoms with Gasteiger partial charge in [-0.1, -0.05) is 12.1 Å². The third-order valence-corrected chi connectivity index (χ3v) is 6.01. The number of aromatic hydroxyl groups is 1. The summed E-state index contributed by atoms with van der Waals surface area (Å²) in [6, 6.07) is 10.4. The Morgan fingerprint density at radius 1 is 1.18 bits per heavy atom. The minimum absolute atomic E-state index is 0.147. The predicted molar refractivity (Wildman–Crippen MR) is 118 cm³/mol. The van der Waals surface area contributed by atoms with Crippen LogP contribution >= 0.6 is 34.4 Å². The van der Waals surface area contributed by atoms with Crippen LogP contribution in [0.3, 0.4) is 0 Å². The van der Waals surface area contributed by atoms with Gasteiger partial charge in [-0.3, -0.25) is 19.3 Å². The fourth-order valence-corrected chi connectivity index (χ4v) is 3.94. The number of halogens is 1. The Balaban J connectivity index is 1.70. The molecule has 0 unspecified atom stereocenters. The van der Waals surface area contributed by atoms with Gasteiger partial charge in [-0.15, -0.1) is 0 Å². The molecule has 144 valence electrons. The van der Waals surface area contributed by atoms with Gasteiger partial charge in [0.25, 0.3) is 11.1 Å². The van der Waals surface area contributed by atoms with Crippen LogP contribution in [0.4, 0.5) is 10.5 Å². The third kappa shape index (κ3) is 4.56. The van der Waals surface area contributed by atoms with Crippen LogP contribution in [-0.4, -0.2) is 33.6 Å². The second-order valence-electron chi connectivity index (χ2n) is 6.33. The summed E-state index contributed by atoms with van der Waals surface area (Å²) in [5.41, 5.74) is 3.45. The Morgan fingerprint density at radius 2 is 1.93 bits per heavy atom. The molecule has 0 saturated carbocycles. The highest BCUT2D eigenvalue weighted by Gasteiger charge is 2.36. The number of imide groups is 1. The zero-order valence-corrected chi connectivity index (χ0v) is 18.1. The molecule has 1 aliphatic heterocycles. The van der Waals surface area contributed by atoms with Gasteiger partial charge in [0.15, 0.2) is 0 Å². The van der Waals surface area contributed by atoms with Crippen molar-refractivity contribution in [2.24, 2.45) is 0 Å². The Morgan fingerprint density at radius 3 is 2.61 bits per heavy atom. The van der Waals surface area contributed by atoms with E-state index in [2.05, 4.69) is 5.32 Å². The maximum absolute atomic E-state index is 12.5. The summed E-state index contributed by atoms with van der Waals surface area (Å²) in [6.45, 7) is 3.57. The van der Waals surface area contributed by atoms with Crippen LogP contribution in [-0.2, 0) is 9.59 Å². The molecule has 28 heavy (non-hydrogen) atoms. The lowest BCUT2D eigenvalue weighted by molar-refractivity contribution is -0.127. The first-order valence-corrected chi connectivity index (χ1v) is 10.2. The molecule has 2 aromatic rings. The number of carbonyl (C=O) groups excluding carboxylic acids is 3. The van der Waals surface area contributed by atoms with E-state index in [-0.39, 0.29) is 17.2 Å². The first-order valence-electron chi connectivity index (χ1n) is 8.35. The minimum Gasteiger partial charge on any atom is -0.507 e. The number of thioether (sulfide) groups is 1. The first-order chi connectivity index (χ1) is 13.2. The molecule has 1 heterocycles. The molecule has 0 radical (unpaired) electrons. The van der Waals surface area contributed by atoms with Crippen LogP contribution in [0.5, 0.6) is 5.75 Å². The number of phenols is 1. The van der Waals surface area contributed by atoms with Crippen molar-refractivity contribution in [2.75, 3.05) is 11.9 Å². The largest absolute Gasteiger partial charge is 0.507 e. The average Bonchev–Trinajstić information content (AvgIpc) is 2.89. The normalized spacial score (nSPS) is 15.4. The van der Waals surface area contributed by atoms with E-state index < -0.39 is 17.1 Å². The quantitative estimate of drug-likeness (QED) is 0.476. The molecule has 1 aliphatic rings. The summed E-state index contributed by atoms with van der Waals surface area (Å²) in [5, 5.41) is 11.8. The third-order valence-electron chi connectivity index (χ3n) is 4.24. The SMILES string of the molecule is Cc1ccc(NC(=O)CN2C(=O)S/C(=C\c3ccc(O)c(I)c3)C2=O)cc1C. The van der Waals surface area contributed by atoms with Gasteiger partial charge in [-0.05, 0) is 95.2 Å². The van der Waals surface area contributed by atoms with E-state index >= 15 is 0 Å². The highest BCUT2D eigenvalue weighted by atomic mass is 127. The summed E-state index contributed by atoms with van der Waals surface area (Å²) in [4.78, 5) is 38.2. The first kappa shape index (κ1) is 20.4. The van der Waals surface area contributed by atoms with Crippen LogP contribution in [0.25, 0.3) is 6.08 Å². The number of hydrogen-bond acceptors (Lipinski definition) is 5. The van der Waals surface area contributed by atoms with E-state index in [1.54, 1.807) is 24.3 Å². The molecule has 6 nitrogen and oxygen atoms in total. The van der Waals surface area contributed by atoms with Gasteiger partial charge in [0.1, 0.15) is 12.3 Å². The van der Waals surface area contributed by atoms with Crippen molar-refractivity contribution in [3.05, 3.63) is 61.6 Å². The summed E-state index contributed by atoms with van der Waals surface area (Å²) >= 11 is 2.77. The zero-order chi connectivity index (χ0) is 20.4. The lowest BCUT2D eigenvalue weighted by atomic mass is 10.1. The maximum Gasteiger partial charge on any atom is 0.294 e. The molecule has 0 atom stereocenters. The van der Waals surface area contributed by atoms with Gasteiger partial charge < -0.3 is 10.4 Å². The van der Waals surface area contributed by atoms with Crippen LogP contribution in [0.15, 0.2) is 41.3 Å². The maximum atomic E-state index is 12.5. The number of nitrogens with zero attached hydrogens (tertiary/aromatic N) is 1. The van der Waals surface area contributed by atoms with Gasteiger partial charge in [0.2, 0.25) is 5.91 Å². The van der Waals surface area contributed by atoms with E-state index in [4.69, 9.17) is 0 Å². The second-order valence-corrected chi connectivity index (χ2v) is 8.48. The van der Waals surface area contributed by atoms with E-state index in [9.17, 15) is 19.5 Å². The Hall–Kier alpha value is -2.33. The standard InChI is InChI=1S/C20H17IN2O4S/c1-11-3-5-14(7-12(11)2)22-18(25)10-23-19(26)17(28-20(23)27)9-13-4-6-16(24)15(21)8-13/h3-9,24H,10H2,1-2H3,(H,22,25)/b17-9-. The van der Waals surface area contributed by atoms with Crippen molar-refractivity contribution in [1.29, 1.82) is 0 Å². The average molecular weight is 508 g/mol. The highest BCUT2D eigenvalue weighted by Crippen LogP contribution is 2.33. The number of rotatable bonds is 4. The van der Waals surface area contributed by atoms with Gasteiger partial charge >= 0.3 is 0 Å². The molecule has 1 saturated heterocycles. The van der Waals surface area contributed by atoms with E-state index in [1.165, 1.54) is 6.07 Å². The summed E-state index contributed by atoms with van der Waals surface area (Å²) in [7, 11) is 0. The number of carbonyl (C=O) groups is 3. The van der Waals surface area contributed by atoms with Gasteiger partial charge in [0, 0.05) is 5.69 Å². The van der Waals surface area contributed by atoms with Crippen molar-refractivity contribution < 1.29 is 19.5 Å². The molecule has 1 fully saturated rings. The molecule has 0 spiro atoms. The van der Waals surface area contributed by atoms with Crippen molar-refractivity contribution in [3.63, 3.8) is 0 Å². The van der Waals surface area contributed by atoms with Crippen LogP contribution < -0.4 is 5.32 Å². The summed E-state index contributed by atoms with van der Waals surface area (Å²) < 4.78 is 0.637. The van der Waals surface area contributed by atoms with E-state index in [1.807, 2.05) is 48.6 Å². The second kappa shape index (κ2) is 8.36. The number of aryl methyl sites for hydroxylation is 2. The molecule has 0 aromatic heterocycles. The lowest BCUT2D eigenvalue weighted by Gasteiger charge is -2.13. The molecule has 8 heteroatoms. The van der Waals surface area contributed by atoms with Crippen molar-refractivity contribution in [2.45, 2.75) is 13.8 Å². The van der Waals surface area contributed by atoms with E-state index in [0.717, 1.165) is 27.8 Å². The molecule has 3 rings (SSSR count). The zero-order valence-electron chi connectivity index (χ0n) is 15.2. The molecule has 2 N–H and O–H groups in total. The van der Waals surface area contributed by atoms with Gasteiger partial charge in [-0.25, -0.2) is 0 Å². The van der Waals surface area contributed by atoms with Gasteiger partial charge in [0.05, 0.1) is 8.48 Å². The Labute approximate surface area is 180 Å². The molecule has 2 aromatic carbocycles. The van der Waals surface area contributed by atoms with Crippen LogP contribution in [0.1, 0.15) is 16.7 Å². The minimum atomic E-state index is -0.506. The lowest BCUT2D eigenvalue weighted by Crippen LogP contribution is -2.36. The Kier molecular flexibility index (Phi) is 6.09. The fraction of sp³-hybridized carbons (Fsp3) is 0.150. The Bertz CT molecular complexity index is 1020. The number of anilines is 1. The van der Waals surface area contributed by atoms with Crippen molar-refractivity contribution >= 4 is 63.2 Å². The van der Waals surface area contributed by atoms with Crippen LogP contribution in [0, 0.1) is 17.4 Å². The smallest absolute Gasteiger partial charge is 0.294 e. The monoisotopic (exact) mass is 508 g/mol. The number of hydrogen-bond donors (Lipinski definition) is 2. The fourth-order valence-electron chi connectivity index (χ4n) is 2.56. The number of phenolic OH excluding ortho intramolecular Hbond substituents is 1. The van der Waals surface area contributed by atoms with Crippen LogP contribution in [0.2, 0.25) is 0 Å². The van der Waals surface area contributed by atoms with Crippen molar-refractivity contribution in [3.8, 4) is 5.75 Å². The molecule has 0 bridgehead atoms. The number of nitrogens with one attached hydrogen (secondary N) is 1. The molecule has 3 amide bonds. The van der Waals surface area contributed by atoms with E-state index in [0.29, 0.717) is 14.8 Å². The highest BCUT2D eigenvalue weighted by molar-refractivity contribution is 14.1. The molecular weight excluding hydrogens is 491 g/mol. The molecule has 0 aliphatic carbocycles. The number of benzene rings is 2. The van der Waals surface area contributed by atoms with Gasteiger partial charge in [-0.2, -0.15) is 0 Å².